The molecule has 0 radical (unpaired) electrons. The number of benzene rings is 2. The van der Waals surface area contributed by atoms with Crippen LogP contribution in [-0.4, -0.2) is 31.3 Å². The van der Waals surface area contributed by atoms with E-state index in [9.17, 15) is 8.42 Å². The number of hydrogen-bond acceptors (Lipinski definition) is 5. The van der Waals surface area contributed by atoms with Crippen LogP contribution in [0.4, 0.5) is 0 Å². The summed E-state index contributed by atoms with van der Waals surface area (Å²) in [5.41, 5.74) is 2.62. The fourth-order valence-electron chi connectivity index (χ4n) is 2.99. The Morgan fingerprint density at radius 2 is 1.86 bits per heavy atom. The second-order valence-electron chi connectivity index (χ2n) is 6.60. The highest BCUT2D eigenvalue weighted by atomic mass is 32.2. The maximum atomic E-state index is 11.8. The first kappa shape index (κ1) is 19.2. The highest BCUT2D eigenvalue weighted by molar-refractivity contribution is 7.90. The van der Waals surface area contributed by atoms with Gasteiger partial charge in [-0.15, -0.1) is 11.3 Å². The normalized spacial score (nSPS) is 11.3. The monoisotopic (exact) mass is 422 g/mol. The molecule has 0 aliphatic heterocycles. The zero-order chi connectivity index (χ0) is 20.6. The van der Waals surface area contributed by atoms with E-state index in [1.165, 1.54) is 6.26 Å². The molecule has 2 heterocycles. The van der Waals surface area contributed by atoms with E-state index < -0.39 is 9.84 Å². The van der Waals surface area contributed by atoms with Gasteiger partial charge in [0.1, 0.15) is 11.4 Å². The Morgan fingerprint density at radius 1 is 1.10 bits per heavy atom. The van der Waals surface area contributed by atoms with Crippen molar-refractivity contribution < 1.29 is 13.2 Å². The maximum absolute atomic E-state index is 11.8. The van der Waals surface area contributed by atoms with Crippen molar-refractivity contribution in [1.82, 2.24) is 9.55 Å². The molecule has 0 saturated heterocycles. The number of fused-ring (bicyclic) bond motifs is 1. The third-order valence-corrected chi connectivity index (χ3v) is 6.92. The van der Waals surface area contributed by atoms with Crippen molar-refractivity contribution in [2.45, 2.75) is 4.90 Å². The van der Waals surface area contributed by atoms with Gasteiger partial charge in [0, 0.05) is 23.4 Å². The summed E-state index contributed by atoms with van der Waals surface area (Å²) in [6, 6.07) is 12.8. The zero-order valence-electron chi connectivity index (χ0n) is 16.1. The van der Waals surface area contributed by atoms with Crippen LogP contribution in [-0.2, 0) is 16.9 Å². The molecule has 29 heavy (non-hydrogen) atoms. The van der Waals surface area contributed by atoms with Gasteiger partial charge in [-0.3, -0.25) is 0 Å². The molecule has 5 nitrogen and oxygen atoms in total. The van der Waals surface area contributed by atoms with Gasteiger partial charge in [-0.2, -0.15) is 0 Å². The molecule has 0 spiro atoms. The smallest absolute Gasteiger partial charge is 0.175 e. The molecule has 0 fully saturated rings. The first-order chi connectivity index (χ1) is 13.9. The lowest BCUT2D eigenvalue weighted by Gasteiger charge is -2.03. The van der Waals surface area contributed by atoms with Crippen LogP contribution < -0.4 is 4.74 Å². The van der Waals surface area contributed by atoms with Crippen molar-refractivity contribution in [2.75, 3.05) is 13.4 Å². The van der Waals surface area contributed by atoms with Crippen LogP contribution in [0.5, 0.6) is 5.75 Å². The van der Waals surface area contributed by atoms with E-state index in [0.29, 0.717) is 4.90 Å². The van der Waals surface area contributed by atoms with Crippen molar-refractivity contribution in [1.29, 1.82) is 0 Å². The molecule has 0 bridgehead atoms. The number of aryl methyl sites for hydroxylation is 1. The summed E-state index contributed by atoms with van der Waals surface area (Å²) in [5, 5.41) is 1.01. The summed E-state index contributed by atoms with van der Waals surface area (Å²) in [4.78, 5) is 5.40. The minimum absolute atomic E-state index is 0.298. The maximum Gasteiger partial charge on any atom is 0.175 e. The van der Waals surface area contributed by atoms with Gasteiger partial charge >= 0.3 is 0 Å². The fourth-order valence-corrected chi connectivity index (χ4v) is 4.76. The van der Waals surface area contributed by atoms with Crippen LogP contribution >= 0.6 is 11.3 Å². The lowest BCUT2D eigenvalue weighted by Crippen LogP contribution is -1.96. The molecule has 0 aliphatic rings. The second-order valence-corrected chi connectivity index (χ2v) is 9.67. The predicted molar refractivity (Wildman–Crippen MR) is 116 cm³/mol. The fraction of sp³-hybridized carbons (Fsp3) is 0.136. The summed E-state index contributed by atoms with van der Waals surface area (Å²) in [7, 11) is 0.297. The van der Waals surface area contributed by atoms with Crippen molar-refractivity contribution in [3.05, 3.63) is 66.2 Å². The van der Waals surface area contributed by atoms with Crippen molar-refractivity contribution in [3.63, 3.8) is 0 Å². The van der Waals surface area contributed by atoms with Crippen LogP contribution in [0.3, 0.4) is 0 Å². The number of thiophene rings is 1. The van der Waals surface area contributed by atoms with Crippen LogP contribution in [0, 0.1) is 11.8 Å². The van der Waals surface area contributed by atoms with Gasteiger partial charge in [0.25, 0.3) is 0 Å². The largest absolute Gasteiger partial charge is 0.497 e. The summed E-state index contributed by atoms with van der Waals surface area (Å²) in [6.07, 6.45) is 4.64. The highest BCUT2D eigenvalue weighted by Gasteiger charge is 2.15. The zero-order valence-corrected chi connectivity index (χ0v) is 17.8. The molecule has 2 aromatic carbocycles. The number of aromatic nitrogens is 2. The average Bonchev–Trinajstić information content (AvgIpc) is 3.28. The lowest BCUT2D eigenvalue weighted by atomic mass is 10.1. The van der Waals surface area contributed by atoms with E-state index in [4.69, 9.17) is 4.74 Å². The molecule has 0 aliphatic carbocycles. The van der Waals surface area contributed by atoms with Gasteiger partial charge in [0.2, 0.25) is 0 Å². The Morgan fingerprint density at radius 3 is 2.48 bits per heavy atom. The van der Waals surface area contributed by atoms with E-state index in [1.54, 1.807) is 43.1 Å². The van der Waals surface area contributed by atoms with Gasteiger partial charge in [0.15, 0.2) is 9.84 Å². The second kappa shape index (κ2) is 7.39. The third-order valence-electron chi connectivity index (χ3n) is 4.57. The van der Waals surface area contributed by atoms with Crippen LogP contribution in [0.1, 0.15) is 11.3 Å². The van der Waals surface area contributed by atoms with Crippen LogP contribution in [0.25, 0.3) is 20.5 Å². The first-order valence-electron chi connectivity index (χ1n) is 8.76. The minimum Gasteiger partial charge on any atom is -0.497 e. The number of rotatable bonds is 3. The standard InChI is InChI=1S/C22H18N2O3S2/c1-24-14-23-13-16(24)6-10-19-20-12-17(27-2)7-11-21(20)28-22(19)15-4-8-18(9-5-15)29(3,25)26/h4-5,7-9,11-14H,1-3H3. The molecule has 0 saturated carbocycles. The molecule has 0 unspecified atom stereocenters. The molecular formula is C22H18N2O3S2. The Labute approximate surface area is 173 Å². The number of nitrogens with zero attached hydrogens (tertiary/aromatic N) is 2. The molecule has 0 amide bonds. The molecule has 0 N–H and O–H groups in total. The Kier molecular flexibility index (Phi) is 4.91. The molecule has 2 aromatic heterocycles. The van der Waals surface area contributed by atoms with E-state index in [-0.39, 0.29) is 0 Å². The lowest BCUT2D eigenvalue weighted by molar-refractivity contribution is 0.415. The highest BCUT2D eigenvalue weighted by Crippen LogP contribution is 2.40. The Balaban J connectivity index is 1.91. The van der Waals surface area contributed by atoms with Gasteiger partial charge < -0.3 is 9.30 Å². The number of ether oxygens (including phenoxy) is 1. The average molecular weight is 423 g/mol. The minimum atomic E-state index is -3.24. The topological polar surface area (TPSA) is 61.2 Å². The van der Waals surface area contributed by atoms with Crippen LogP contribution in [0.15, 0.2) is 59.9 Å². The first-order valence-corrected chi connectivity index (χ1v) is 11.5. The number of hydrogen-bond donors (Lipinski definition) is 0. The van der Waals surface area contributed by atoms with E-state index >= 15 is 0 Å². The van der Waals surface area contributed by atoms with Crippen molar-refractivity contribution >= 4 is 31.3 Å². The van der Waals surface area contributed by atoms with Gasteiger partial charge in [0.05, 0.1) is 35.0 Å². The molecule has 0 atom stereocenters. The van der Waals surface area contributed by atoms with E-state index in [1.807, 2.05) is 41.9 Å². The number of sulfone groups is 1. The number of methoxy groups -OCH3 is 1. The van der Waals surface area contributed by atoms with Gasteiger partial charge in [-0.05, 0) is 41.8 Å². The van der Waals surface area contributed by atoms with Gasteiger partial charge in [-0.25, -0.2) is 13.4 Å². The summed E-state index contributed by atoms with van der Waals surface area (Å²) >= 11 is 1.62. The Bertz CT molecular complexity index is 1370. The molecule has 146 valence electrons. The quantitative estimate of drug-likeness (QED) is 0.466. The van der Waals surface area contributed by atoms with Crippen molar-refractivity contribution in [3.8, 4) is 28.0 Å². The molecule has 4 rings (SSSR count). The molecular weight excluding hydrogens is 404 g/mol. The van der Waals surface area contributed by atoms with Gasteiger partial charge in [-0.1, -0.05) is 18.1 Å². The SMILES string of the molecule is COc1ccc2sc(-c3ccc(S(C)(=O)=O)cc3)c(C#Cc3cncn3C)c2c1. The number of imidazole rings is 1. The predicted octanol–water partition coefficient (Wildman–Crippen LogP) is 4.11. The van der Waals surface area contributed by atoms with Crippen LogP contribution in [0.2, 0.25) is 0 Å². The van der Waals surface area contributed by atoms with Crippen molar-refractivity contribution in [2.24, 2.45) is 7.05 Å². The van der Waals surface area contributed by atoms with E-state index in [0.717, 1.165) is 37.5 Å². The van der Waals surface area contributed by atoms with E-state index in [2.05, 4.69) is 16.8 Å². The molecule has 4 aromatic rings. The Hall–Kier alpha value is -3.08. The summed E-state index contributed by atoms with van der Waals surface area (Å²) < 4.78 is 31.9. The molecule has 7 heteroatoms. The third kappa shape index (κ3) is 3.77. The summed E-state index contributed by atoms with van der Waals surface area (Å²) in [6.45, 7) is 0. The summed E-state index contributed by atoms with van der Waals surface area (Å²) in [5.74, 6) is 7.25.